The van der Waals surface area contributed by atoms with Crippen LogP contribution in [-0.4, -0.2) is 57.4 Å². The van der Waals surface area contributed by atoms with Crippen LogP contribution in [0.3, 0.4) is 0 Å². The molecule has 0 spiro atoms. The lowest BCUT2D eigenvalue weighted by atomic mass is 10.2. The number of esters is 2. The van der Waals surface area contributed by atoms with Crippen molar-refractivity contribution in [2.75, 3.05) is 0 Å². The largest absolute Gasteiger partial charge is 0.481 e. The van der Waals surface area contributed by atoms with Gasteiger partial charge in [-0.25, -0.2) is 9.57 Å². The first kappa shape index (κ1) is 42.2. The Morgan fingerprint density at radius 1 is 0.897 bits per heavy atom. The van der Waals surface area contributed by atoms with Gasteiger partial charge >= 0.3 is 23.9 Å². The quantitative estimate of drug-likeness (QED) is 0.175. The summed E-state index contributed by atoms with van der Waals surface area (Å²) in [6, 6.07) is 0. The van der Waals surface area contributed by atoms with E-state index in [-0.39, 0.29) is 70.5 Å². The Kier molecular flexibility index (Phi) is 31.1. The average molecular weight is 578 g/mol. The van der Waals surface area contributed by atoms with Crippen LogP contribution in [0.5, 0.6) is 0 Å². The van der Waals surface area contributed by atoms with E-state index in [0.717, 1.165) is 0 Å². The van der Waals surface area contributed by atoms with E-state index in [1.807, 2.05) is 0 Å². The predicted molar refractivity (Wildman–Crippen MR) is 142 cm³/mol. The van der Waals surface area contributed by atoms with Crippen LogP contribution in [0.2, 0.25) is 0 Å². The molecule has 13 nitrogen and oxygen atoms in total. The third-order valence-electron chi connectivity index (χ3n) is 4.02. The Labute approximate surface area is 236 Å². The summed E-state index contributed by atoms with van der Waals surface area (Å²) >= 11 is 3.33. The number of ether oxygens (including phenoxy) is 1. The van der Waals surface area contributed by atoms with Gasteiger partial charge in [-0.1, -0.05) is 14.9 Å². The maximum atomic E-state index is 11.2. The lowest BCUT2D eigenvalue weighted by molar-refractivity contribution is -0.197. The van der Waals surface area contributed by atoms with E-state index in [1.165, 1.54) is 20.2 Å². The summed E-state index contributed by atoms with van der Waals surface area (Å²) < 4.78 is 15.3. The highest BCUT2D eigenvalue weighted by atomic mass is 32.1. The molecule has 2 N–H and O–H groups in total. The van der Waals surface area contributed by atoms with Crippen molar-refractivity contribution in [2.24, 2.45) is 0 Å². The third-order valence-corrected chi connectivity index (χ3v) is 4.02. The van der Waals surface area contributed by atoms with Crippen molar-refractivity contribution in [3.63, 3.8) is 0 Å². The zero-order valence-corrected chi connectivity index (χ0v) is 21.6. The van der Waals surface area contributed by atoms with Crippen molar-refractivity contribution in [3.8, 4) is 12.8 Å². The van der Waals surface area contributed by atoms with Crippen molar-refractivity contribution >= 4 is 59.7 Å². The number of nitrogens with one attached hydrogen (secondary N) is 1. The van der Waals surface area contributed by atoms with Gasteiger partial charge in [-0.2, -0.15) is 0 Å². The molecule has 0 radical (unpaired) electrons. The molecule has 0 aromatic rings. The maximum absolute atomic E-state index is 11.2. The number of carboxylic acid groups (broad SMARTS) is 1. The van der Waals surface area contributed by atoms with Crippen molar-refractivity contribution in [2.45, 2.75) is 99.3 Å². The molecule has 2 heterocycles. The lowest BCUT2D eigenvalue weighted by Crippen LogP contribution is -2.31. The average Bonchev–Trinajstić information content (AvgIpc) is 3.13. The number of carbonyl (C=O) groups is 8. The van der Waals surface area contributed by atoms with Gasteiger partial charge in [0.25, 0.3) is 11.8 Å². The van der Waals surface area contributed by atoms with E-state index in [2.05, 4.69) is 28.4 Å². The molecular weight excluding hydrogens is 536 g/mol. The molecule has 2 rings (SSSR count). The fourth-order valence-corrected chi connectivity index (χ4v) is 2.38. The Bertz CT molecular complexity index is 844. The minimum atomic E-state index is -0.837. The normalized spacial score (nSPS) is 12.9. The second kappa shape index (κ2) is 28.7. The number of Topliss-reactive ketones (excluding diaryl/α,β-unsaturated/α-hetero) is 2. The molecule has 2 saturated heterocycles. The number of imide groups is 1. The Balaban J connectivity index is -0.000000146. The number of hydroxylamine groups is 2. The summed E-state index contributed by atoms with van der Waals surface area (Å²) in [7, 11) is 0. The van der Waals surface area contributed by atoms with Gasteiger partial charge in [-0.15, -0.1) is 17.9 Å². The van der Waals surface area contributed by atoms with Gasteiger partial charge < -0.3 is 24.3 Å². The monoisotopic (exact) mass is 577 g/mol. The third kappa shape index (κ3) is 28.6. The highest BCUT2D eigenvalue weighted by Gasteiger charge is 2.32. The summed E-state index contributed by atoms with van der Waals surface area (Å²) in [5.41, 5.74) is 0. The van der Waals surface area contributed by atoms with Crippen LogP contribution in [-0.2, 0) is 60.4 Å². The first-order chi connectivity index (χ1) is 17.8. The molecule has 0 aliphatic carbocycles. The van der Waals surface area contributed by atoms with Crippen LogP contribution < -0.4 is 0 Å². The number of hydrogen-bond acceptors (Lipinski definition) is 12. The highest BCUT2D eigenvalue weighted by molar-refractivity contribution is 7.45. The number of cyclic esters (lactones) is 2. The van der Waals surface area contributed by atoms with Gasteiger partial charge in [0, 0.05) is 63.8 Å². The number of aliphatic carboxylic acids is 1. The summed E-state index contributed by atoms with van der Waals surface area (Å²) in [5.74, 6) is -3.23. The van der Waals surface area contributed by atoms with Gasteiger partial charge in [0.15, 0.2) is 0 Å². The molecule has 0 aromatic carbocycles. The van der Waals surface area contributed by atoms with Crippen molar-refractivity contribution in [3.05, 3.63) is 0 Å². The Morgan fingerprint density at radius 2 is 1.28 bits per heavy atom. The summed E-state index contributed by atoms with van der Waals surface area (Å²) in [6.45, 7) is 2.89. The molecule has 0 atom stereocenters. The van der Waals surface area contributed by atoms with Crippen LogP contribution >= 0.6 is 0 Å². The molecule has 2 fully saturated rings. The maximum Gasteiger partial charge on any atom is 0.333 e. The molecule has 0 unspecified atom stereocenters. The molecule has 2 aliphatic rings. The van der Waals surface area contributed by atoms with E-state index < -0.39 is 23.8 Å². The van der Waals surface area contributed by atoms with Crippen molar-refractivity contribution in [1.82, 2.24) is 5.06 Å². The van der Waals surface area contributed by atoms with E-state index in [1.54, 1.807) is 0 Å². The zero-order chi connectivity index (χ0) is 30.1. The van der Waals surface area contributed by atoms with Crippen LogP contribution in [0.15, 0.2) is 0 Å². The summed E-state index contributed by atoms with van der Waals surface area (Å²) in [6.07, 6.45) is 8.99. The Hall–Kier alpha value is -3.86. The number of carbonyl (C=O) groups excluding carboxylic acids is 7. The molecule has 2 aliphatic heterocycles. The molecular formula is C25H40N2O11S. The van der Waals surface area contributed by atoms with E-state index in [4.69, 9.17) is 11.3 Å². The van der Waals surface area contributed by atoms with Gasteiger partial charge in [0.05, 0.1) is 0 Å². The number of terminal acetylenes is 1. The first-order valence-corrected chi connectivity index (χ1v) is 11.3. The van der Waals surface area contributed by atoms with Gasteiger partial charge in [0.1, 0.15) is 12.9 Å². The molecule has 14 heteroatoms. The predicted octanol–water partition coefficient (Wildman–Crippen LogP) is 3.24. The highest BCUT2D eigenvalue weighted by Crippen LogP contribution is 2.13. The van der Waals surface area contributed by atoms with Crippen LogP contribution in [0.4, 0.5) is 0 Å². The summed E-state index contributed by atoms with van der Waals surface area (Å²) in [4.78, 5) is 89.1. The zero-order valence-electron chi connectivity index (χ0n) is 21.7. The van der Waals surface area contributed by atoms with E-state index in [0.29, 0.717) is 43.6 Å². The van der Waals surface area contributed by atoms with Gasteiger partial charge in [-0.05, 0) is 33.1 Å². The second-order valence-electron chi connectivity index (χ2n) is 7.25. The summed E-state index contributed by atoms with van der Waals surface area (Å²) in [5, 5.41) is 8.63. The smallest absolute Gasteiger partial charge is 0.333 e. The fraction of sp³-hybridized carbons (Fsp3) is 0.600. The lowest BCUT2D eigenvalue weighted by Gasteiger charge is -2.12. The Morgan fingerprint density at radius 3 is 1.59 bits per heavy atom. The number of ketones is 2. The molecule has 0 saturated carbocycles. The van der Waals surface area contributed by atoms with Crippen LogP contribution in [0.25, 0.3) is 0 Å². The molecule has 0 aromatic heterocycles. The number of rotatable bonds is 9. The first-order valence-electron chi connectivity index (χ1n) is 11.4. The minimum absolute atomic E-state index is 0. The van der Waals surface area contributed by atoms with Crippen LogP contribution in [0, 0.1) is 17.6 Å². The van der Waals surface area contributed by atoms with Crippen molar-refractivity contribution in [1.29, 1.82) is 4.78 Å². The van der Waals surface area contributed by atoms with Gasteiger partial charge in [0.2, 0.25) is 0 Å². The topological polar surface area (TPSA) is 202 Å². The number of nitrogens with zero attached hydrogens (tertiary/aromatic N) is 1. The second-order valence-corrected chi connectivity index (χ2v) is 7.25. The van der Waals surface area contributed by atoms with E-state index in [9.17, 15) is 38.4 Å². The number of carboxylic acids is 1. The molecule has 39 heavy (non-hydrogen) atoms. The van der Waals surface area contributed by atoms with Gasteiger partial charge in [-0.3, -0.25) is 24.0 Å². The molecule has 222 valence electrons. The minimum Gasteiger partial charge on any atom is -0.481 e. The van der Waals surface area contributed by atoms with Crippen LogP contribution in [0.1, 0.15) is 101 Å². The van der Waals surface area contributed by atoms with Crippen molar-refractivity contribution < 1.29 is 54.4 Å². The molecule has 2 amide bonds. The number of hydrogen-bond donors (Lipinski definition) is 2. The number of amides is 2. The molecule has 0 bridgehead atoms. The fourth-order valence-electron chi connectivity index (χ4n) is 2.38. The van der Waals surface area contributed by atoms with E-state index >= 15 is 0 Å². The SMILES string of the molecule is C.C.CC(=O)CCCC(=O)O.CC(=O)CCCC(=O)ON1C(=O)CCC1=O.N=S.O=C1CCCC(=O)O1.[2H]C#C. The standard InChI is InChI=1S/C10H13NO5.C6H10O3.C5H6O3.C2H2.2CH4.HNS/c1-7(12)3-2-4-10(15)16-11-8(13)5-6-9(11)14;1-5(7)3-2-4-6(8)9;6-4-2-1-3-5(7)8-4;1-2;;;1-2/h2-6H2,1H3;2-4H2,1H3,(H,8,9);1-3H2;1-2H;2*1H4;1H/i;;;1D;;;.